The summed E-state index contributed by atoms with van der Waals surface area (Å²) in [4.78, 5) is 0. The number of nitrogens with two attached hydrogens (primary N) is 1. The number of hydrogen-bond donors (Lipinski definition) is 2. The Morgan fingerprint density at radius 1 is 1.67 bits per heavy atom. The second-order valence-electron chi connectivity index (χ2n) is 2.21. The molecule has 5 nitrogen and oxygen atoms in total. The number of rotatable bonds is 1. The minimum absolute atomic E-state index is 0.301. The van der Waals surface area contributed by atoms with Crippen LogP contribution in [0, 0.1) is 0 Å². The molecule has 7 heteroatoms. The molecule has 1 atom stereocenters. The first-order valence-corrected chi connectivity index (χ1v) is 5.26. The first-order valence-electron chi connectivity index (χ1n) is 2.96. The van der Waals surface area contributed by atoms with E-state index in [0.29, 0.717) is 4.48 Å². The second kappa shape index (κ2) is 3.17. The highest BCUT2D eigenvalue weighted by molar-refractivity contribution is 9.11. The fourth-order valence-electron chi connectivity index (χ4n) is 0.833. The number of halogens is 1. The van der Waals surface area contributed by atoms with Gasteiger partial charge in [0, 0.05) is 10.7 Å². The zero-order chi connectivity index (χ0) is 9.35. The lowest BCUT2D eigenvalue weighted by molar-refractivity contribution is 0.357. The van der Waals surface area contributed by atoms with E-state index in [9.17, 15) is 8.42 Å². The van der Waals surface area contributed by atoms with E-state index in [2.05, 4.69) is 15.9 Å². The highest BCUT2D eigenvalue weighted by Gasteiger charge is 2.30. The third kappa shape index (κ3) is 1.86. The van der Waals surface area contributed by atoms with Gasteiger partial charge in [-0.1, -0.05) is 15.9 Å². The molecule has 1 aliphatic heterocycles. The molecule has 0 saturated heterocycles. The Morgan fingerprint density at radius 2 is 2.25 bits per heavy atom. The smallest absolute Gasteiger partial charge is 0.292 e. The lowest BCUT2D eigenvalue weighted by atomic mass is 10.4. The van der Waals surface area contributed by atoms with E-state index in [-0.39, 0.29) is 0 Å². The van der Waals surface area contributed by atoms with Crippen LogP contribution in [-0.2, 0) is 10.1 Å². The zero-order valence-corrected chi connectivity index (χ0v) is 8.29. The number of allylic oxidation sites excluding steroid dienone is 2. The van der Waals surface area contributed by atoms with Crippen LogP contribution >= 0.6 is 15.9 Å². The van der Waals surface area contributed by atoms with Gasteiger partial charge >= 0.3 is 0 Å². The van der Waals surface area contributed by atoms with Crippen molar-refractivity contribution in [3.8, 4) is 0 Å². The molecule has 0 aromatic rings. The minimum atomic E-state index is -4.19. The normalized spacial score (nSPS) is 24.1. The van der Waals surface area contributed by atoms with Crippen LogP contribution in [0.2, 0.25) is 0 Å². The van der Waals surface area contributed by atoms with Gasteiger partial charge in [0.05, 0.1) is 0 Å². The van der Waals surface area contributed by atoms with Crippen LogP contribution < -0.4 is 5.84 Å². The third-order valence-corrected chi connectivity index (χ3v) is 3.37. The molecular weight excluding hydrogens is 248 g/mol. The molecule has 68 valence electrons. The first kappa shape index (κ1) is 9.72. The summed E-state index contributed by atoms with van der Waals surface area (Å²) in [6.45, 7) is 0. The van der Waals surface area contributed by atoms with Gasteiger partial charge in [0.2, 0.25) is 5.37 Å². The molecule has 0 radical (unpaired) electrons. The molecule has 3 N–H and O–H groups in total. The van der Waals surface area contributed by atoms with Crippen molar-refractivity contribution in [1.82, 2.24) is 5.01 Å². The Balaban J connectivity index is 3.06. The lowest BCUT2D eigenvalue weighted by Gasteiger charge is -2.25. The van der Waals surface area contributed by atoms with Gasteiger partial charge in [-0.25, -0.2) is 5.84 Å². The van der Waals surface area contributed by atoms with Crippen molar-refractivity contribution in [2.45, 2.75) is 5.37 Å². The highest BCUT2D eigenvalue weighted by atomic mass is 79.9. The minimum Gasteiger partial charge on any atom is -0.293 e. The highest BCUT2D eigenvalue weighted by Crippen LogP contribution is 2.22. The summed E-state index contributed by atoms with van der Waals surface area (Å²) in [6.07, 6.45) is 4.41. The molecule has 0 fully saturated rings. The van der Waals surface area contributed by atoms with Crippen molar-refractivity contribution >= 4 is 26.0 Å². The van der Waals surface area contributed by atoms with Crippen LogP contribution in [0.5, 0.6) is 0 Å². The van der Waals surface area contributed by atoms with Gasteiger partial charge < -0.3 is 0 Å². The Labute approximate surface area is 78.4 Å². The van der Waals surface area contributed by atoms with Gasteiger partial charge in [-0.15, -0.1) is 0 Å². The van der Waals surface area contributed by atoms with E-state index in [0.717, 1.165) is 5.01 Å². The molecule has 1 aliphatic rings. The van der Waals surface area contributed by atoms with Crippen LogP contribution in [0.1, 0.15) is 0 Å². The summed E-state index contributed by atoms with van der Waals surface area (Å²) in [5.74, 6) is 5.29. The summed E-state index contributed by atoms with van der Waals surface area (Å²) < 4.78 is 30.5. The number of hydrogen-bond acceptors (Lipinski definition) is 4. The molecule has 0 bridgehead atoms. The van der Waals surface area contributed by atoms with Gasteiger partial charge in [-0.2, -0.15) is 8.42 Å². The molecule has 0 aromatic carbocycles. The molecule has 0 amide bonds. The van der Waals surface area contributed by atoms with Crippen molar-refractivity contribution in [1.29, 1.82) is 0 Å². The maximum absolute atomic E-state index is 10.7. The van der Waals surface area contributed by atoms with Crippen LogP contribution in [0.15, 0.2) is 22.8 Å². The Kier molecular flexibility index (Phi) is 2.57. The van der Waals surface area contributed by atoms with E-state index in [1.54, 1.807) is 6.08 Å². The monoisotopic (exact) mass is 254 g/mol. The molecule has 0 spiro atoms. The SMILES string of the molecule is NN1C=CC=C(Br)C1S(=O)(=O)O. The lowest BCUT2D eigenvalue weighted by Crippen LogP contribution is -2.43. The first-order chi connectivity index (χ1) is 5.43. The maximum atomic E-state index is 10.7. The summed E-state index contributed by atoms with van der Waals surface area (Å²) in [5, 5.41) is -0.332. The van der Waals surface area contributed by atoms with Crippen LogP contribution in [-0.4, -0.2) is 23.4 Å². The Morgan fingerprint density at radius 3 is 2.58 bits per heavy atom. The van der Waals surface area contributed by atoms with Crippen LogP contribution in [0.4, 0.5) is 0 Å². The Hall–Kier alpha value is -0.370. The van der Waals surface area contributed by atoms with Gasteiger partial charge in [-0.05, 0) is 12.2 Å². The van der Waals surface area contributed by atoms with Crippen LogP contribution in [0.25, 0.3) is 0 Å². The molecule has 0 aliphatic carbocycles. The zero-order valence-electron chi connectivity index (χ0n) is 5.88. The fraction of sp³-hybridized carbons (Fsp3) is 0.200. The summed E-state index contributed by atoms with van der Waals surface area (Å²) in [7, 11) is -4.19. The predicted octanol–water partition coefficient (Wildman–Crippen LogP) is 0.182. The summed E-state index contributed by atoms with van der Waals surface area (Å²) >= 11 is 2.98. The van der Waals surface area contributed by atoms with Gasteiger partial charge in [0.15, 0.2) is 0 Å². The van der Waals surface area contributed by atoms with E-state index in [1.165, 1.54) is 12.3 Å². The van der Waals surface area contributed by atoms with Crippen molar-refractivity contribution in [2.75, 3.05) is 0 Å². The van der Waals surface area contributed by atoms with Crippen LogP contribution in [0.3, 0.4) is 0 Å². The Bertz CT molecular complexity index is 335. The van der Waals surface area contributed by atoms with E-state index in [1.807, 2.05) is 0 Å². The summed E-state index contributed by atoms with van der Waals surface area (Å²) in [5.41, 5.74) is 0. The molecule has 0 aromatic heterocycles. The predicted molar refractivity (Wildman–Crippen MR) is 47.5 cm³/mol. The van der Waals surface area contributed by atoms with E-state index in [4.69, 9.17) is 10.4 Å². The number of nitrogens with zero attached hydrogens (tertiary/aromatic N) is 1. The van der Waals surface area contributed by atoms with E-state index < -0.39 is 15.5 Å². The summed E-state index contributed by atoms with van der Waals surface area (Å²) in [6, 6.07) is 0. The molecule has 1 heterocycles. The van der Waals surface area contributed by atoms with Crippen molar-refractivity contribution < 1.29 is 13.0 Å². The molecular formula is C5H7BrN2O3S. The largest absolute Gasteiger partial charge is 0.293 e. The molecule has 0 saturated carbocycles. The molecule has 1 rings (SSSR count). The van der Waals surface area contributed by atoms with E-state index >= 15 is 0 Å². The quantitative estimate of drug-likeness (QED) is 0.516. The topological polar surface area (TPSA) is 83.6 Å². The fourth-order valence-corrected chi connectivity index (χ4v) is 2.67. The average Bonchev–Trinajstić information content (AvgIpc) is 1.82. The molecule has 1 unspecified atom stereocenters. The maximum Gasteiger partial charge on any atom is 0.292 e. The van der Waals surface area contributed by atoms with Crippen molar-refractivity contribution in [3.05, 3.63) is 22.8 Å². The standard InChI is InChI=1S/C5H7BrN2O3S/c6-4-2-1-3-8(7)5(4)12(9,10)11/h1-3,5H,7H2,(H,9,10,11). The van der Waals surface area contributed by atoms with Crippen molar-refractivity contribution in [3.63, 3.8) is 0 Å². The van der Waals surface area contributed by atoms with Crippen molar-refractivity contribution in [2.24, 2.45) is 5.84 Å². The van der Waals surface area contributed by atoms with Gasteiger partial charge in [0.25, 0.3) is 10.1 Å². The van der Waals surface area contributed by atoms with Gasteiger partial charge in [-0.3, -0.25) is 9.56 Å². The second-order valence-corrected chi connectivity index (χ2v) is 4.60. The third-order valence-electron chi connectivity index (χ3n) is 1.30. The van der Waals surface area contributed by atoms with Gasteiger partial charge in [0.1, 0.15) is 0 Å². The number of hydrazine groups is 1. The molecule has 12 heavy (non-hydrogen) atoms. The average molecular weight is 255 g/mol.